The molecule has 0 unspecified atom stereocenters. The maximum Gasteiger partial charge on any atom is 0.253 e. The Morgan fingerprint density at radius 1 is 0.972 bits per heavy atom. The standard InChI is InChI=1S/C28H31FN6O/c1-3-4-11-24-30-26(25-20(2)32-35(27(25)31-24)23-9-6-5-7-10-23)33-16-8-17-34(19-18-33)28(36)21-12-14-22(29)15-13-21/h5-7,9-10,12-15H,3-4,8,11,16-19H2,1-2H3. The van der Waals surface area contributed by atoms with Gasteiger partial charge in [-0.1, -0.05) is 31.5 Å². The monoisotopic (exact) mass is 486 g/mol. The normalized spacial score (nSPS) is 14.3. The van der Waals surface area contributed by atoms with E-state index in [-0.39, 0.29) is 11.7 Å². The number of halogens is 1. The van der Waals surface area contributed by atoms with Crippen molar-refractivity contribution in [3.05, 3.63) is 77.5 Å². The van der Waals surface area contributed by atoms with Gasteiger partial charge in [0.1, 0.15) is 17.5 Å². The van der Waals surface area contributed by atoms with E-state index in [0.29, 0.717) is 25.2 Å². The molecule has 4 aromatic rings. The van der Waals surface area contributed by atoms with Gasteiger partial charge in [-0.25, -0.2) is 19.0 Å². The number of anilines is 1. The summed E-state index contributed by atoms with van der Waals surface area (Å²) in [4.78, 5) is 27.1. The van der Waals surface area contributed by atoms with Crippen LogP contribution in [0, 0.1) is 12.7 Å². The van der Waals surface area contributed by atoms with Gasteiger partial charge in [0.25, 0.3) is 5.91 Å². The van der Waals surface area contributed by atoms with Crippen molar-refractivity contribution >= 4 is 22.8 Å². The fourth-order valence-electron chi connectivity index (χ4n) is 4.74. The highest BCUT2D eigenvalue weighted by Gasteiger charge is 2.25. The average Bonchev–Trinajstić information content (AvgIpc) is 3.07. The minimum Gasteiger partial charge on any atom is -0.354 e. The highest BCUT2D eigenvalue weighted by Crippen LogP contribution is 2.30. The Bertz CT molecular complexity index is 1350. The van der Waals surface area contributed by atoms with E-state index in [4.69, 9.17) is 15.1 Å². The average molecular weight is 487 g/mol. The topological polar surface area (TPSA) is 67.2 Å². The summed E-state index contributed by atoms with van der Waals surface area (Å²) < 4.78 is 15.2. The van der Waals surface area contributed by atoms with Crippen molar-refractivity contribution in [3.63, 3.8) is 0 Å². The summed E-state index contributed by atoms with van der Waals surface area (Å²) in [6.45, 7) is 6.82. The summed E-state index contributed by atoms with van der Waals surface area (Å²) >= 11 is 0. The third-order valence-electron chi connectivity index (χ3n) is 6.66. The largest absolute Gasteiger partial charge is 0.354 e. The van der Waals surface area contributed by atoms with Crippen molar-refractivity contribution in [3.8, 4) is 5.69 Å². The second-order valence-corrected chi connectivity index (χ2v) is 9.24. The quantitative estimate of drug-likeness (QED) is 0.385. The van der Waals surface area contributed by atoms with Crippen LogP contribution in [0.5, 0.6) is 0 Å². The molecule has 186 valence electrons. The fraction of sp³-hybridized carbons (Fsp3) is 0.357. The molecular weight excluding hydrogens is 455 g/mol. The molecule has 5 rings (SSSR count). The number of amides is 1. The third-order valence-corrected chi connectivity index (χ3v) is 6.66. The first-order valence-corrected chi connectivity index (χ1v) is 12.7. The Labute approximate surface area is 210 Å². The summed E-state index contributed by atoms with van der Waals surface area (Å²) in [7, 11) is 0. The molecule has 0 aliphatic carbocycles. The van der Waals surface area contributed by atoms with E-state index in [1.54, 1.807) is 12.1 Å². The predicted molar refractivity (Wildman–Crippen MR) is 139 cm³/mol. The SMILES string of the molecule is CCCCc1nc(N2CCCN(C(=O)c3ccc(F)cc3)CC2)c2c(C)nn(-c3ccccc3)c2n1. The number of para-hydroxylation sites is 1. The summed E-state index contributed by atoms with van der Waals surface area (Å²) in [5, 5.41) is 5.80. The lowest BCUT2D eigenvalue weighted by Crippen LogP contribution is -2.35. The molecule has 7 nitrogen and oxygen atoms in total. The van der Waals surface area contributed by atoms with Gasteiger partial charge < -0.3 is 9.80 Å². The molecular formula is C28H31FN6O. The number of carbonyl (C=O) groups is 1. The molecule has 0 saturated carbocycles. The molecule has 1 fully saturated rings. The van der Waals surface area contributed by atoms with Crippen LogP contribution >= 0.6 is 0 Å². The van der Waals surface area contributed by atoms with Gasteiger partial charge in [-0.05, 0) is 56.2 Å². The minimum atomic E-state index is -0.341. The van der Waals surface area contributed by atoms with Crippen LogP contribution in [-0.2, 0) is 6.42 Å². The molecule has 0 spiro atoms. The highest BCUT2D eigenvalue weighted by atomic mass is 19.1. The molecule has 0 N–H and O–H groups in total. The van der Waals surface area contributed by atoms with Crippen molar-refractivity contribution in [1.29, 1.82) is 0 Å². The summed E-state index contributed by atoms with van der Waals surface area (Å²) in [5.41, 5.74) is 3.18. The van der Waals surface area contributed by atoms with Gasteiger partial charge >= 0.3 is 0 Å². The number of hydrogen-bond donors (Lipinski definition) is 0. The van der Waals surface area contributed by atoms with Crippen LogP contribution in [0.1, 0.15) is 48.1 Å². The van der Waals surface area contributed by atoms with Crippen molar-refractivity contribution in [2.24, 2.45) is 0 Å². The zero-order valence-corrected chi connectivity index (χ0v) is 20.8. The molecule has 1 aliphatic heterocycles. The van der Waals surface area contributed by atoms with Crippen LogP contribution in [0.3, 0.4) is 0 Å². The van der Waals surface area contributed by atoms with Crippen LogP contribution in [0.25, 0.3) is 16.7 Å². The second kappa shape index (κ2) is 10.4. The van der Waals surface area contributed by atoms with Gasteiger partial charge in [0, 0.05) is 38.2 Å². The van der Waals surface area contributed by atoms with E-state index in [1.165, 1.54) is 12.1 Å². The van der Waals surface area contributed by atoms with Gasteiger partial charge in [-0.15, -0.1) is 0 Å². The lowest BCUT2D eigenvalue weighted by molar-refractivity contribution is 0.0767. The Balaban J connectivity index is 1.48. The van der Waals surface area contributed by atoms with Gasteiger partial charge in [0.2, 0.25) is 0 Å². The van der Waals surface area contributed by atoms with Gasteiger partial charge in [-0.3, -0.25) is 4.79 Å². The lowest BCUT2D eigenvalue weighted by atomic mass is 10.2. The van der Waals surface area contributed by atoms with Crippen molar-refractivity contribution in [2.45, 2.75) is 39.5 Å². The van der Waals surface area contributed by atoms with E-state index in [2.05, 4.69) is 11.8 Å². The van der Waals surface area contributed by atoms with Crippen molar-refractivity contribution < 1.29 is 9.18 Å². The number of fused-ring (bicyclic) bond motifs is 1. The van der Waals surface area contributed by atoms with Gasteiger partial charge in [0.05, 0.1) is 16.8 Å². The van der Waals surface area contributed by atoms with Crippen LogP contribution in [0.15, 0.2) is 54.6 Å². The van der Waals surface area contributed by atoms with E-state index in [1.807, 2.05) is 46.8 Å². The van der Waals surface area contributed by atoms with E-state index < -0.39 is 0 Å². The number of unbranched alkanes of at least 4 members (excludes halogenated alkanes) is 1. The predicted octanol–water partition coefficient (Wildman–Crippen LogP) is 4.96. The fourth-order valence-corrected chi connectivity index (χ4v) is 4.74. The number of hydrogen-bond acceptors (Lipinski definition) is 5. The zero-order valence-electron chi connectivity index (χ0n) is 20.8. The minimum absolute atomic E-state index is 0.0682. The number of aryl methyl sites for hydroxylation is 2. The zero-order chi connectivity index (χ0) is 25.1. The molecule has 2 aromatic heterocycles. The van der Waals surface area contributed by atoms with Crippen LogP contribution in [0.4, 0.5) is 10.2 Å². The summed E-state index contributed by atoms with van der Waals surface area (Å²) in [5.74, 6) is 1.30. The van der Waals surface area contributed by atoms with Gasteiger partial charge in [-0.2, -0.15) is 5.10 Å². The maximum absolute atomic E-state index is 13.3. The van der Waals surface area contributed by atoms with Crippen molar-refractivity contribution in [2.75, 3.05) is 31.1 Å². The number of nitrogens with zero attached hydrogens (tertiary/aromatic N) is 6. The molecule has 0 radical (unpaired) electrons. The number of benzene rings is 2. The molecule has 3 heterocycles. The number of carbonyl (C=O) groups excluding carboxylic acids is 1. The first kappa shape index (κ1) is 23.9. The number of aromatic nitrogens is 4. The molecule has 1 saturated heterocycles. The number of rotatable bonds is 6. The summed E-state index contributed by atoms with van der Waals surface area (Å²) in [6.07, 6.45) is 3.71. The Kier molecular flexibility index (Phi) is 6.93. The van der Waals surface area contributed by atoms with E-state index >= 15 is 0 Å². The molecule has 1 aliphatic rings. The van der Waals surface area contributed by atoms with Crippen LogP contribution in [-0.4, -0.2) is 56.7 Å². The van der Waals surface area contributed by atoms with E-state index in [0.717, 1.165) is 66.3 Å². The molecule has 0 bridgehead atoms. The smallest absolute Gasteiger partial charge is 0.253 e. The molecule has 2 aromatic carbocycles. The Hall–Kier alpha value is -3.81. The van der Waals surface area contributed by atoms with E-state index in [9.17, 15) is 9.18 Å². The third kappa shape index (κ3) is 4.80. The Morgan fingerprint density at radius 3 is 2.50 bits per heavy atom. The molecule has 1 amide bonds. The molecule has 8 heteroatoms. The van der Waals surface area contributed by atoms with Crippen LogP contribution in [0.2, 0.25) is 0 Å². The molecule has 36 heavy (non-hydrogen) atoms. The Morgan fingerprint density at radius 2 is 1.75 bits per heavy atom. The first-order chi connectivity index (χ1) is 17.5. The second-order valence-electron chi connectivity index (χ2n) is 9.24. The van der Waals surface area contributed by atoms with Crippen LogP contribution < -0.4 is 4.90 Å². The maximum atomic E-state index is 13.3. The highest BCUT2D eigenvalue weighted by molar-refractivity contribution is 5.94. The van der Waals surface area contributed by atoms with Gasteiger partial charge in [0.15, 0.2) is 5.65 Å². The first-order valence-electron chi connectivity index (χ1n) is 12.7. The summed E-state index contributed by atoms with van der Waals surface area (Å²) in [6, 6.07) is 15.8. The molecule has 0 atom stereocenters. The van der Waals surface area contributed by atoms with Crippen molar-refractivity contribution in [1.82, 2.24) is 24.6 Å². The lowest BCUT2D eigenvalue weighted by Gasteiger charge is -2.24.